The fourth-order valence-corrected chi connectivity index (χ4v) is 2.01. The molecule has 0 saturated carbocycles. The van der Waals surface area contributed by atoms with Gasteiger partial charge < -0.3 is 14.3 Å². The van der Waals surface area contributed by atoms with Gasteiger partial charge in [-0.25, -0.2) is 0 Å². The Kier molecular flexibility index (Phi) is 7.20. The van der Waals surface area contributed by atoms with Gasteiger partial charge in [0.15, 0.2) is 0 Å². The summed E-state index contributed by atoms with van der Waals surface area (Å²) in [4.78, 5) is 0. The summed E-state index contributed by atoms with van der Waals surface area (Å²) in [5.41, 5.74) is 0. The van der Waals surface area contributed by atoms with Crippen molar-refractivity contribution < 1.29 is 8.97 Å². The molecule has 0 bridgehead atoms. The van der Waals surface area contributed by atoms with Crippen molar-refractivity contribution in [2.75, 3.05) is 67.5 Å². The highest BCUT2D eigenvalue weighted by Gasteiger charge is 2.23. The van der Waals surface area contributed by atoms with Crippen LogP contribution in [-0.4, -0.2) is 76.4 Å². The molecule has 0 aromatic carbocycles. The minimum atomic E-state index is 1.11. The average Bonchev–Trinajstić information content (AvgIpc) is 2.25. The highest BCUT2D eigenvalue weighted by Crippen LogP contribution is 2.06. The molecule has 0 fully saturated rings. The van der Waals surface area contributed by atoms with Gasteiger partial charge in [-0.05, 0) is 20.4 Å². The summed E-state index contributed by atoms with van der Waals surface area (Å²) >= 11 is 0. The first kappa shape index (κ1) is 15.9. The first-order valence-corrected chi connectivity index (χ1v) is 6.69. The molecule has 0 aliphatic carbocycles. The molecule has 0 heterocycles. The summed E-state index contributed by atoms with van der Waals surface area (Å²) in [6.45, 7) is 12.0. The zero-order valence-corrected chi connectivity index (χ0v) is 12.3. The largest absolute Gasteiger partial charge is 0.323 e. The number of hydrogen-bond donors (Lipinski definition) is 1. The van der Waals surface area contributed by atoms with E-state index in [4.69, 9.17) is 0 Å². The van der Waals surface area contributed by atoms with E-state index in [1.54, 1.807) is 0 Å². The molecule has 1 atom stereocenters. The fraction of sp³-hybridized carbons (Fsp3) is 1.00. The number of nitrogens with one attached hydrogen (secondary N) is 1. The van der Waals surface area contributed by atoms with E-state index in [-0.39, 0.29) is 0 Å². The third-order valence-electron chi connectivity index (χ3n) is 3.74. The van der Waals surface area contributed by atoms with Gasteiger partial charge >= 0.3 is 0 Å². The van der Waals surface area contributed by atoms with Crippen LogP contribution in [0.3, 0.4) is 0 Å². The van der Waals surface area contributed by atoms with E-state index < -0.39 is 0 Å². The van der Waals surface area contributed by atoms with Gasteiger partial charge in [-0.2, -0.15) is 0 Å². The molecule has 1 unspecified atom stereocenters. The average molecular weight is 231 g/mol. The van der Waals surface area contributed by atoms with Crippen LogP contribution >= 0.6 is 0 Å². The van der Waals surface area contributed by atoms with E-state index in [1.165, 1.54) is 43.6 Å². The van der Waals surface area contributed by atoms with Crippen LogP contribution in [0.4, 0.5) is 0 Å². The third kappa shape index (κ3) is 6.46. The highest BCUT2D eigenvalue weighted by molar-refractivity contribution is 4.42. The SMILES string of the molecule is CCC[N+](C)(CC)CC[N+](C)(C)CCNC. The van der Waals surface area contributed by atoms with E-state index in [0.29, 0.717) is 0 Å². The van der Waals surface area contributed by atoms with Crippen LogP contribution in [0.25, 0.3) is 0 Å². The van der Waals surface area contributed by atoms with Gasteiger partial charge in [0, 0.05) is 6.54 Å². The van der Waals surface area contributed by atoms with Crippen molar-refractivity contribution >= 4 is 0 Å². The fourth-order valence-electron chi connectivity index (χ4n) is 2.01. The second-order valence-electron chi connectivity index (χ2n) is 5.87. The Morgan fingerprint density at radius 3 is 1.94 bits per heavy atom. The molecule has 0 aromatic rings. The maximum absolute atomic E-state index is 3.24. The molecular weight excluding hydrogens is 198 g/mol. The number of hydrogen-bond acceptors (Lipinski definition) is 1. The van der Waals surface area contributed by atoms with E-state index >= 15 is 0 Å². The molecule has 0 saturated heterocycles. The smallest absolute Gasteiger partial charge is 0.128 e. The Morgan fingerprint density at radius 2 is 1.50 bits per heavy atom. The summed E-state index contributed by atoms with van der Waals surface area (Å²) < 4.78 is 2.34. The maximum Gasteiger partial charge on any atom is 0.128 e. The number of nitrogens with zero attached hydrogens (tertiary/aromatic N) is 2. The topological polar surface area (TPSA) is 12.0 Å². The van der Waals surface area contributed by atoms with Crippen LogP contribution in [0.15, 0.2) is 0 Å². The molecule has 0 aromatic heterocycles. The summed E-state index contributed by atoms with van der Waals surface area (Å²) in [5, 5.41) is 3.24. The Labute approximate surface area is 103 Å². The molecule has 0 aliphatic heterocycles. The predicted octanol–water partition coefficient (Wildman–Crippen LogP) is 1.16. The molecule has 0 rings (SSSR count). The molecule has 0 aliphatic rings. The van der Waals surface area contributed by atoms with Gasteiger partial charge in [0.1, 0.15) is 13.1 Å². The number of quaternary nitrogens is 2. The molecule has 1 N–H and O–H groups in total. The monoisotopic (exact) mass is 231 g/mol. The van der Waals surface area contributed by atoms with Crippen molar-refractivity contribution in [3.8, 4) is 0 Å². The van der Waals surface area contributed by atoms with Gasteiger partial charge in [-0.3, -0.25) is 0 Å². The van der Waals surface area contributed by atoms with Gasteiger partial charge in [0.05, 0.1) is 40.8 Å². The number of likely N-dealkylation sites (N-methyl/N-ethyl adjacent to an activating group) is 3. The second kappa shape index (κ2) is 7.25. The van der Waals surface area contributed by atoms with Crippen molar-refractivity contribution in [2.24, 2.45) is 0 Å². The summed E-state index contributed by atoms with van der Waals surface area (Å²) in [6.07, 6.45) is 1.29. The van der Waals surface area contributed by atoms with Gasteiger partial charge in [0.25, 0.3) is 0 Å². The third-order valence-corrected chi connectivity index (χ3v) is 3.74. The van der Waals surface area contributed by atoms with Crippen LogP contribution in [0.1, 0.15) is 20.3 Å². The van der Waals surface area contributed by atoms with E-state index in [0.717, 1.165) is 11.0 Å². The minimum absolute atomic E-state index is 1.11. The van der Waals surface area contributed by atoms with Gasteiger partial charge in [-0.1, -0.05) is 6.92 Å². The summed E-state index contributed by atoms with van der Waals surface area (Å²) in [5.74, 6) is 0. The first-order valence-electron chi connectivity index (χ1n) is 6.69. The van der Waals surface area contributed by atoms with Gasteiger partial charge in [-0.15, -0.1) is 0 Å². The highest BCUT2D eigenvalue weighted by atomic mass is 15.4. The minimum Gasteiger partial charge on any atom is -0.323 e. The lowest BCUT2D eigenvalue weighted by molar-refractivity contribution is -0.954. The predicted molar refractivity (Wildman–Crippen MR) is 72.5 cm³/mol. The van der Waals surface area contributed by atoms with Gasteiger partial charge in [0.2, 0.25) is 0 Å². The Bertz CT molecular complexity index is 180. The quantitative estimate of drug-likeness (QED) is 0.587. The van der Waals surface area contributed by atoms with E-state index in [1.807, 2.05) is 7.05 Å². The van der Waals surface area contributed by atoms with Crippen LogP contribution in [0.2, 0.25) is 0 Å². The van der Waals surface area contributed by atoms with Crippen molar-refractivity contribution in [3.63, 3.8) is 0 Å². The number of rotatable bonds is 9. The van der Waals surface area contributed by atoms with Crippen LogP contribution in [0, 0.1) is 0 Å². The first-order chi connectivity index (χ1) is 7.39. The molecule has 3 nitrogen and oxygen atoms in total. The Hall–Kier alpha value is -0.120. The lowest BCUT2D eigenvalue weighted by Gasteiger charge is -2.37. The summed E-state index contributed by atoms with van der Waals surface area (Å²) in [7, 11) is 9.09. The van der Waals surface area contributed by atoms with Crippen LogP contribution < -0.4 is 5.32 Å². The van der Waals surface area contributed by atoms with Crippen LogP contribution in [0.5, 0.6) is 0 Å². The zero-order valence-electron chi connectivity index (χ0n) is 12.3. The standard InChI is InChI=1S/C13H33N3/c1-7-10-16(6,8-2)13-12-15(4,5)11-9-14-3/h14H,7-13H2,1-6H3/q+2. The molecule has 0 spiro atoms. The second-order valence-corrected chi connectivity index (χ2v) is 5.87. The zero-order chi connectivity index (χ0) is 12.7. The van der Waals surface area contributed by atoms with Crippen LogP contribution in [-0.2, 0) is 0 Å². The summed E-state index contributed by atoms with van der Waals surface area (Å²) in [6, 6.07) is 0. The van der Waals surface area contributed by atoms with E-state index in [2.05, 4.69) is 40.3 Å². The normalized spacial score (nSPS) is 16.1. The molecule has 0 amide bonds. The molecule has 0 radical (unpaired) electrons. The lowest BCUT2D eigenvalue weighted by Crippen LogP contribution is -2.54. The molecule has 98 valence electrons. The van der Waals surface area contributed by atoms with Crippen molar-refractivity contribution in [3.05, 3.63) is 0 Å². The molecule has 3 heteroatoms. The molecule has 16 heavy (non-hydrogen) atoms. The van der Waals surface area contributed by atoms with Crippen molar-refractivity contribution in [2.45, 2.75) is 20.3 Å². The van der Waals surface area contributed by atoms with E-state index in [9.17, 15) is 0 Å². The van der Waals surface area contributed by atoms with Crippen molar-refractivity contribution in [1.82, 2.24) is 5.32 Å². The van der Waals surface area contributed by atoms with Crippen molar-refractivity contribution in [1.29, 1.82) is 0 Å². The molecular formula is C13H33N3+2. The Balaban J connectivity index is 4.08. The lowest BCUT2D eigenvalue weighted by atomic mass is 10.3. The maximum atomic E-state index is 3.24. The Morgan fingerprint density at radius 1 is 0.875 bits per heavy atom.